The third-order valence-electron chi connectivity index (χ3n) is 3.60. The predicted molar refractivity (Wildman–Crippen MR) is 103 cm³/mol. The molecule has 138 valence electrons. The number of rotatable bonds is 6. The van der Waals surface area contributed by atoms with Gasteiger partial charge in [-0.15, -0.1) is 11.3 Å². The third kappa shape index (κ3) is 4.21. The number of non-ortho nitro benzene ring substituents is 1. The number of nitro benzene ring substituents is 1. The van der Waals surface area contributed by atoms with Gasteiger partial charge in [0.25, 0.3) is 11.6 Å². The van der Waals surface area contributed by atoms with E-state index in [4.69, 9.17) is 4.74 Å². The van der Waals surface area contributed by atoms with Crippen molar-refractivity contribution in [3.63, 3.8) is 0 Å². The molecule has 0 bridgehead atoms. The van der Waals surface area contributed by atoms with Crippen LogP contribution in [-0.2, 0) is 0 Å². The van der Waals surface area contributed by atoms with E-state index in [-0.39, 0.29) is 11.4 Å². The van der Waals surface area contributed by atoms with Crippen LogP contribution in [0.25, 0.3) is 10.1 Å². The minimum absolute atomic E-state index is 0.0253. The molecule has 0 aliphatic carbocycles. The molecule has 0 aliphatic rings. The SMILES string of the molecule is CCOc1cc(C=NNC(=O)c2cc3cc([N+](=O)[O-])ccc3s2)ccc1O. The van der Waals surface area contributed by atoms with Crippen molar-refractivity contribution in [3.05, 3.63) is 63.0 Å². The lowest BCUT2D eigenvalue weighted by Gasteiger charge is -2.05. The van der Waals surface area contributed by atoms with Gasteiger partial charge in [0.2, 0.25) is 0 Å². The van der Waals surface area contributed by atoms with Gasteiger partial charge in [-0.05, 0) is 42.8 Å². The molecule has 8 nitrogen and oxygen atoms in total. The van der Waals surface area contributed by atoms with Crippen molar-refractivity contribution in [1.82, 2.24) is 5.43 Å². The second kappa shape index (κ2) is 7.83. The summed E-state index contributed by atoms with van der Waals surface area (Å²) in [6.07, 6.45) is 1.43. The zero-order chi connectivity index (χ0) is 19.4. The molecule has 1 aromatic heterocycles. The minimum atomic E-state index is -0.477. The maximum absolute atomic E-state index is 12.2. The number of fused-ring (bicyclic) bond motifs is 1. The highest BCUT2D eigenvalue weighted by molar-refractivity contribution is 7.20. The maximum atomic E-state index is 12.2. The Labute approximate surface area is 157 Å². The summed E-state index contributed by atoms with van der Waals surface area (Å²) >= 11 is 1.22. The van der Waals surface area contributed by atoms with E-state index in [0.29, 0.717) is 28.2 Å². The normalized spacial score (nSPS) is 11.0. The molecule has 0 radical (unpaired) electrons. The first-order valence-electron chi connectivity index (χ1n) is 7.95. The van der Waals surface area contributed by atoms with Crippen LogP contribution in [0.5, 0.6) is 11.5 Å². The first-order valence-corrected chi connectivity index (χ1v) is 8.77. The van der Waals surface area contributed by atoms with Gasteiger partial charge in [0, 0.05) is 22.2 Å². The largest absolute Gasteiger partial charge is 0.504 e. The predicted octanol–water partition coefficient (Wildman–Crippen LogP) is 3.68. The summed E-state index contributed by atoms with van der Waals surface area (Å²) in [5.41, 5.74) is 3.03. The fourth-order valence-electron chi connectivity index (χ4n) is 2.36. The lowest BCUT2D eigenvalue weighted by atomic mass is 10.2. The molecular weight excluding hydrogens is 370 g/mol. The second-order valence-electron chi connectivity index (χ2n) is 5.45. The van der Waals surface area contributed by atoms with Gasteiger partial charge in [-0.3, -0.25) is 14.9 Å². The maximum Gasteiger partial charge on any atom is 0.281 e. The molecule has 3 aromatic rings. The summed E-state index contributed by atoms with van der Waals surface area (Å²) in [4.78, 5) is 23.0. The van der Waals surface area contributed by atoms with Crippen LogP contribution in [0.2, 0.25) is 0 Å². The Bertz CT molecular complexity index is 1040. The lowest BCUT2D eigenvalue weighted by Crippen LogP contribution is -2.16. The number of amides is 1. The molecule has 0 unspecified atom stereocenters. The molecule has 27 heavy (non-hydrogen) atoms. The average Bonchev–Trinajstić information content (AvgIpc) is 3.07. The molecule has 2 aromatic carbocycles. The summed E-state index contributed by atoms with van der Waals surface area (Å²) in [6, 6.07) is 10.7. The molecule has 0 aliphatic heterocycles. The first kappa shape index (κ1) is 18.3. The van der Waals surface area contributed by atoms with Crippen LogP contribution in [0.3, 0.4) is 0 Å². The van der Waals surface area contributed by atoms with E-state index in [9.17, 15) is 20.0 Å². The molecule has 0 fully saturated rings. The van der Waals surface area contributed by atoms with Crippen LogP contribution >= 0.6 is 11.3 Å². The second-order valence-corrected chi connectivity index (χ2v) is 6.53. The number of phenolic OH excluding ortho intramolecular Hbond substituents is 1. The number of carbonyl (C=O) groups excluding carboxylic acids is 1. The Morgan fingerprint density at radius 3 is 2.89 bits per heavy atom. The van der Waals surface area contributed by atoms with E-state index in [1.165, 1.54) is 35.8 Å². The van der Waals surface area contributed by atoms with Crippen LogP contribution < -0.4 is 10.2 Å². The quantitative estimate of drug-likeness (QED) is 0.382. The number of ether oxygens (including phenoxy) is 1. The number of thiophene rings is 1. The van der Waals surface area contributed by atoms with Crippen molar-refractivity contribution in [1.29, 1.82) is 0 Å². The van der Waals surface area contributed by atoms with Crippen LogP contribution in [0.4, 0.5) is 5.69 Å². The molecule has 0 saturated carbocycles. The van der Waals surface area contributed by atoms with Gasteiger partial charge < -0.3 is 9.84 Å². The molecule has 0 saturated heterocycles. The number of nitro groups is 1. The fraction of sp³-hybridized carbons (Fsp3) is 0.111. The summed E-state index contributed by atoms with van der Waals surface area (Å²) in [6.45, 7) is 2.22. The highest BCUT2D eigenvalue weighted by Gasteiger charge is 2.13. The standard InChI is InChI=1S/C18H15N3O5S/c1-2-26-15-7-11(3-5-14(15)22)10-19-20-18(23)17-9-12-8-13(21(24)25)4-6-16(12)27-17/h3-10,22H,2H2,1H3,(H,20,23). The first-order chi connectivity index (χ1) is 13.0. The number of phenols is 1. The van der Waals surface area contributed by atoms with E-state index in [1.807, 2.05) is 0 Å². The fourth-order valence-corrected chi connectivity index (χ4v) is 3.29. The molecule has 1 heterocycles. The van der Waals surface area contributed by atoms with Crippen molar-refractivity contribution in [2.45, 2.75) is 6.92 Å². The minimum Gasteiger partial charge on any atom is -0.504 e. The van der Waals surface area contributed by atoms with Gasteiger partial charge in [-0.2, -0.15) is 5.10 Å². The summed E-state index contributed by atoms with van der Waals surface area (Å²) in [5, 5.41) is 25.0. The number of aromatic hydroxyl groups is 1. The Kier molecular flexibility index (Phi) is 5.32. The zero-order valence-corrected chi connectivity index (χ0v) is 15.0. The molecule has 9 heteroatoms. The number of hydrogen-bond acceptors (Lipinski definition) is 7. The van der Waals surface area contributed by atoms with Gasteiger partial charge in [-0.25, -0.2) is 5.43 Å². The Hall–Kier alpha value is -3.46. The monoisotopic (exact) mass is 385 g/mol. The van der Waals surface area contributed by atoms with Gasteiger partial charge in [0.05, 0.1) is 22.6 Å². The van der Waals surface area contributed by atoms with Gasteiger partial charge in [0.1, 0.15) is 0 Å². The molecular formula is C18H15N3O5S. The number of nitrogens with one attached hydrogen (secondary N) is 1. The van der Waals surface area contributed by atoms with Crippen molar-refractivity contribution >= 4 is 39.2 Å². The van der Waals surface area contributed by atoms with Crippen molar-refractivity contribution in [2.75, 3.05) is 6.61 Å². The van der Waals surface area contributed by atoms with Crippen molar-refractivity contribution in [2.24, 2.45) is 5.10 Å². The van der Waals surface area contributed by atoms with Crippen LogP contribution in [0.15, 0.2) is 47.6 Å². The number of carbonyl (C=O) groups is 1. The van der Waals surface area contributed by atoms with E-state index >= 15 is 0 Å². The van der Waals surface area contributed by atoms with E-state index in [1.54, 1.807) is 31.2 Å². The number of hydrazone groups is 1. The molecule has 0 atom stereocenters. The average molecular weight is 385 g/mol. The summed E-state index contributed by atoms with van der Waals surface area (Å²) in [7, 11) is 0. The number of hydrogen-bond donors (Lipinski definition) is 2. The Morgan fingerprint density at radius 2 is 2.15 bits per heavy atom. The van der Waals surface area contributed by atoms with E-state index in [2.05, 4.69) is 10.5 Å². The van der Waals surface area contributed by atoms with Gasteiger partial charge in [-0.1, -0.05) is 0 Å². The van der Waals surface area contributed by atoms with Gasteiger partial charge >= 0.3 is 0 Å². The van der Waals surface area contributed by atoms with Crippen LogP contribution in [0, 0.1) is 10.1 Å². The van der Waals surface area contributed by atoms with Crippen molar-refractivity contribution in [3.8, 4) is 11.5 Å². The Balaban J connectivity index is 1.72. The third-order valence-corrected chi connectivity index (χ3v) is 4.71. The topological polar surface area (TPSA) is 114 Å². The number of benzene rings is 2. The lowest BCUT2D eigenvalue weighted by molar-refractivity contribution is -0.384. The summed E-state index contributed by atoms with van der Waals surface area (Å²) < 4.78 is 6.06. The molecule has 3 rings (SSSR count). The van der Waals surface area contributed by atoms with Crippen LogP contribution in [0.1, 0.15) is 22.2 Å². The Morgan fingerprint density at radius 1 is 1.33 bits per heavy atom. The molecule has 2 N–H and O–H groups in total. The highest BCUT2D eigenvalue weighted by Crippen LogP contribution is 2.29. The zero-order valence-electron chi connectivity index (χ0n) is 14.2. The smallest absolute Gasteiger partial charge is 0.281 e. The van der Waals surface area contributed by atoms with Gasteiger partial charge in [0.15, 0.2) is 11.5 Å². The molecule has 1 amide bonds. The highest BCUT2D eigenvalue weighted by atomic mass is 32.1. The molecule has 0 spiro atoms. The van der Waals surface area contributed by atoms with Crippen LogP contribution in [-0.4, -0.2) is 28.8 Å². The van der Waals surface area contributed by atoms with E-state index in [0.717, 1.165) is 4.70 Å². The van der Waals surface area contributed by atoms with E-state index < -0.39 is 10.8 Å². The van der Waals surface area contributed by atoms with Crippen molar-refractivity contribution < 1.29 is 19.6 Å². The number of nitrogens with zero attached hydrogens (tertiary/aromatic N) is 2. The summed E-state index contributed by atoms with van der Waals surface area (Å²) in [5.74, 6) is -0.0600.